The Morgan fingerprint density at radius 3 is 2.46 bits per heavy atom. The first-order valence-corrected chi connectivity index (χ1v) is 6.81. The van der Waals surface area contributed by atoms with Crippen LogP contribution in [0.1, 0.15) is 5.56 Å². The minimum atomic E-state index is -1.65. The van der Waals surface area contributed by atoms with Gasteiger partial charge in [-0.3, -0.25) is 4.79 Å². The maximum absolute atomic E-state index is 13.5. The Morgan fingerprint density at radius 1 is 1.04 bits per heavy atom. The third-order valence-corrected chi connectivity index (χ3v) is 3.14. The number of halogens is 3. The van der Waals surface area contributed by atoms with Crippen molar-refractivity contribution in [2.75, 3.05) is 19.5 Å². The standard InChI is InChI=1S/C17H14F3NO3/c1-23-13-5-3-4-10(17(13)24-2)6-9-14(22)21-12-8-7-11(18)15(19)16(12)20/h3-9H,1-2H3,(H,21,22)/b9-6+. The molecule has 2 aromatic carbocycles. The summed E-state index contributed by atoms with van der Waals surface area (Å²) in [6, 6.07) is 6.73. The molecule has 0 unspecified atom stereocenters. The van der Waals surface area contributed by atoms with Crippen LogP contribution in [0, 0.1) is 17.5 Å². The van der Waals surface area contributed by atoms with Crippen LogP contribution in [0.2, 0.25) is 0 Å². The summed E-state index contributed by atoms with van der Waals surface area (Å²) in [6.07, 6.45) is 2.53. The fourth-order valence-electron chi connectivity index (χ4n) is 2.01. The van der Waals surface area contributed by atoms with Crippen molar-refractivity contribution in [1.82, 2.24) is 0 Å². The first kappa shape index (κ1) is 17.4. The van der Waals surface area contributed by atoms with Crippen LogP contribution in [0.5, 0.6) is 11.5 Å². The highest BCUT2D eigenvalue weighted by atomic mass is 19.2. The second-order valence-electron chi connectivity index (χ2n) is 4.63. The molecule has 0 radical (unpaired) electrons. The number of amides is 1. The fraction of sp³-hybridized carbons (Fsp3) is 0.118. The maximum Gasteiger partial charge on any atom is 0.248 e. The van der Waals surface area contributed by atoms with E-state index in [1.807, 2.05) is 0 Å². The monoisotopic (exact) mass is 337 g/mol. The largest absolute Gasteiger partial charge is 0.493 e. The van der Waals surface area contributed by atoms with Crippen LogP contribution in [0.4, 0.5) is 18.9 Å². The molecule has 0 saturated heterocycles. The average molecular weight is 337 g/mol. The molecule has 0 saturated carbocycles. The third kappa shape index (κ3) is 3.68. The van der Waals surface area contributed by atoms with Crippen LogP contribution in [0.25, 0.3) is 6.08 Å². The van der Waals surface area contributed by atoms with Gasteiger partial charge in [0.05, 0.1) is 19.9 Å². The molecule has 4 nitrogen and oxygen atoms in total. The van der Waals surface area contributed by atoms with E-state index in [4.69, 9.17) is 9.47 Å². The Bertz CT molecular complexity index is 791. The predicted molar refractivity (Wildman–Crippen MR) is 83.5 cm³/mol. The molecule has 0 aliphatic carbocycles. The van der Waals surface area contributed by atoms with E-state index in [1.54, 1.807) is 18.2 Å². The SMILES string of the molecule is COc1cccc(/C=C/C(=O)Nc2ccc(F)c(F)c2F)c1OC. The number of para-hydroxylation sites is 1. The van der Waals surface area contributed by atoms with Crippen LogP contribution in [-0.2, 0) is 4.79 Å². The van der Waals surface area contributed by atoms with Gasteiger partial charge in [0.1, 0.15) is 0 Å². The molecule has 0 spiro atoms. The molecular weight excluding hydrogens is 323 g/mol. The maximum atomic E-state index is 13.5. The van der Waals surface area contributed by atoms with E-state index in [0.717, 1.165) is 18.2 Å². The topological polar surface area (TPSA) is 47.6 Å². The van der Waals surface area contributed by atoms with Crippen molar-refractivity contribution < 1.29 is 27.4 Å². The number of ether oxygens (including phenoxy) is 2. The number of hydrogen-bond donors (Lipinski definition) is 1. The molecule has 0 aliphatic rings. The van der Waals surface area contributed by atoms with Gasteiger partial charge in [-0.1, -0.05) is 12.1 Å². The normalized spacial score (nSPS) is 10.7. The molecule has 0 heterocycles. The summed E-state index contributed by atoms with van der Waals surface area (Å²) in [7, 11) is 2.93. The van der Waals surface area contributed by atoms with Gasteiger partial charge in [0.25, 0.3) is 0 Å². The van der Waals surface area contributed by atoms with Gasteiger partial charge in [0.15, 0.2) is 29.0 Å². The average Bonchev–Trinajstić information content (AvgIpc) is 2.59. The Morgan fingerprint density at radius 2 is 1.79 bits per heavy atom. The van der Waals surface area contributed by atoms with Crippen LogP contribution < -0.4 is 14.8 Å². The molecular formula is C17H14F3NO3. The number of hydrogen-bond acceptors (Lipinski definition) is 3. The van der Waals surface area contributed by atoms with Crippen LogP contribution >= 0.6 is 0 Å². The zero-order valence-corrected chi connectivity index (χ0v) is 12.9. The molecule has 0 aliphatic heterocycles. The van der Waals surface area contributed by atoms with E-state index in [0.29, 0.717) is 17.1 Å². The molecule has 7 heteroatoms. The number of rotatable bonds is 5. The van der Waals surface area contributed by atoms with Crippen molar-refractivity contribution in [3.63, 3.8) is 0 Å². The quantitative estimate of drug-likeness (QED) is 0.667. The lowest BCUT2D eigenvalue weighted by molar-refractivity contribution is -0.111. The molecule has 2 aromatic rings. The molecule has 0 bridgehead atoms. The smallest absolute Gasteiger partial charge is 0.248 e. The van der Waals surface area contributed by atoms with Gasteiger partial charge < -0.3 is 14.8 Å². The van der Waals surface area contributed by atoms with E-state index >= 15 is 0 Å². The Labute approximate surface area is 136 Å². The number of methoxy groups -OCH3 is 2. The van der Waals surface area contributed by atoms with E-state index in [-0.39, 0.29) is 0 Å². The van der Waals surface area contributed by atoms with Crippen molar-refractivity contribution in [2.45, 2.75) is 0 Å². The van der Waals surface area contributed by atoms with Gasteiger partial charge >= 0.3 is 0 Å². The molecule has 0 aromatic heterocycles. The van der Waals surface area contributed by atoms with Gasteiger partial charge in [-0.2, -0.15) is 0 Å². The molecule has 2 rings (SSSR count). The van der Waals surface area contributed by atoms with Crippen molar-refractivity contribution in [3.05, 3.63) is 59.4 Å². The molecule has 0 atom stereocenters. The minimum Gasteiger partial charge on any atom is -0.493 e. The van der Waals surface area contributed by atoms with Crippen LogP contribution in [0.15, 0.2) is 36.4 Å². The van der Waals surface area contributed by atoms with Crippen LogP contribution in [-0.4, -0.2) is 20.1 Å². The summed E-state index contributed by atoms with van der Waals surface area (Å²) in [5, 5.41) is 2.14. The lowest BCUT2D eigenvalue weighted by atomic mass is 10.1. The number of carbonyl (C=O) groups is 1. The second kappa shape index (κ2) is 7.54. The third-order valence-electron chi connectivity index (χ3n) is 3.14. The highest BCUT2D eigenvalue weighted by Crippen LogP contribution is 2.31. The van der Waals surface area contributed by atoms with Crippen molar-refractivity contribution >= 4 is 17.7 Å². The van der Waals surface area contributed by atoms with E-state index < -0.39 is 29.0 Å². The summed E-state index contributed by atoms with van der Waals surface area (Å²) in [5.41, 5.74) is 0.0962. The van der Waals surface area contributed by atoms with Crippen molar-refractivity contribution in [3.8, 4) is 11.5 Å². The predicted octanol–water partition coefficient (Wildman–Crippen LogP) is 3.77. The Balaban J connectivity index is 2.19. The first-order valence-electron chi connectivity index (χ1n) is 6.81. The van der Waals surface area contributed by atoms with E-state index in [9.17, 15) is 18.0 Å². The van der Waals surface area contributed by atoms with E-state index in [2.05, 4.69) is 5.32 Å². The van der Waals surface area contributed by atoms with Gasteiger partial charge in [-0.25, -0.2) is 13.2 Å². The zero-order valence-electron chi connectivity index (χ0n) is 12.9. The summed E-state index contributed by atoms with van der Waals surface area (Å²) in [5.74, 6) is -4.26. The molecule has 1 N–H and O–H groups in total. The van der Waals surface area contributed by atoms with Crippen molar-refractivity contribution in [2.24, 2.45) is 0 Å². The minimum absolute atomic E-state index is 0.419. The number of nitrogens with one attached hydrogen (secondary N) is 1. The van der Waals surface area contributed by atoms with Gasteiger partial charge in [0.2, 0.25) is 5.91 Å². The first-order chi connectivity index (χ1) is 11.5. The molecule has 1 amide bonds. The zero-order chi connectivity index (χ0) is 17.7. The number of anilines is 1. The van der Waals surface area contributed by atoms with Gasteiger partial charge in [0, 0.05) is 11.6 Å². The fourth-order valence-corrected chi connectivity index (χ4v) is 2.01. The summed E-state index contributed by atoms with van der Waals surface area (Å²) < 4.78 is 49.8. The summed E-state index contributed by atoms with van der Waals surface area (Å²) >= 11 is 0. The lowest BCUT2D eigenvalue weighted by Crippen LogP contribution is -2.10. The Hall–Kier alpha value is -2.96. The van der Waals surface area contributed by atoms with Crippen LogP contribution in [0.3, 0.4) is 0 Å². The summed E-state index contributed by atoms with van der Waals surface area (Å²) in [4.78, 5) is 11.8. The summed E-state index contributed by atoms with van der Waals surface area (Å²) in [6.45, 7) is 0. The van der Waals surface area contributed by atoms with Gasteiger partial charge in [-0.15, -0.1) is 0 Å². The second-order valence-corrected chi connectivity index (χ2v) is 4.63. The molecule has 0 fully saturated rings. The molecule has 24 heavy (non-hydrogen) atoms. The highest BCUT2D eigenvalue weighted by Gasteiger charge is 2.14. The lowest BCUT2D eigenvalue weighted by Gasteiger charge is -2.10. The van der Waals surface area contributed by atoms with Gasteiger partial charge in [-0.05, 0) is 24.3 Å². The van der Waals surface area contributed by atoms with Crippen molar-refractivity contribution in [1.29, 1.82) is 0 Å². The Kier molecular flexibility index (Phi) is 5.47. The van der Waals surface area contributed by atoms with E-state index in [1.165, 1.54) is 20.3 Å². The highest BCUT2D eigenvalue weighted by molar-refractivity contribution is 6.02. The number of benzene rings is 2. The number of carbonyl (C=O) groups excluding carboxylic acids is 1. The molecule has 126 valence electrons.